The second-order valence-corrected chi connectivity index (χ2v) is 3.77. The predicted molar refractivity (Wildman–Crippen MR) is 65.8 cm³/mol. The molecule has 0 atom stereocenters. The molecule has 0 radical (unpaired) electrons. The summed E-state index contributed by atoms with van der Waals surface area (Å²) < 4.78 is 31.7. The van der Waals surface area contributed by atoms with Crippen LogP contribution in [-0.4, -0.2) is 5.91 Å². The normalized spacial score (nSPS) is 10.2. The van der Waals surface area contributed by atoms with Gasteiger partial charge in [0.15, 0.2) is 11.6 Å². The molecule has 0 aliphatic carbocycles. The van der Waals surface area contributed by atoms with E-state index >= 15 is 0 Å². The minimum absolute atomic E-state index is 0.00574. The number of hydrogen-bond acceptors (Lipinski definition) is 3. The van der Waals surface area contributed by atoms with Crippen LogP contribution >= 0.6 is 0 Å². The summed E-state index contributed by atoms with van der Waals surface area (Å²) in [6, 6.07) is 7.60. The summed E-state index contributed by atoms with van der Waals surface area (Å²) in [4.78, 5) is 11.2. The Morgan fingerprint density at radius 3 is 2.53 bits per heavy atom. The SMILES string of the molecule is NC(=O)c1cc(N)ccc1Oc1cccc(F)c1F. The summed E-state index contributed by atoms with van der Waals surface area (Å²) in [6.07, 6.45) is 0. The van der Waals surface area contributed by atoms with Crippen LogP contribution in [0, 0.1) is 11.6 Å². The van der Waals surface area contributed by atoms with E-state index in [-0.39, 0.29) is 17.1 Å². The number of halogens is 2. The van der Waals surface area contributed by atoms with Gasteiger partial charge in [0.05, 0.1) is 5.56 Å². The van der Waals surface area contributed by atoms with Crippen molar-refractivity contribution in [3.63, 3.8) is 0 Å². The van der Waals surface area contributed by atoms with Gasteiger partial charge in [0.2, 0.25) is 5.82 Å². The molecule has 1 amide bonds. The predicted octanol–water partition coefficient (Wildman–Crippen LogP) is 2.44. The van der Waals surface area contributed by atoms with Crippen LogP contribution < -0.4 is 16.2 Å². The third-order valence-electron chi connectivity index (χ3n) is 2.41. The van der Waals surface area contributed by atoms with Crippen LogP contribution in [0.4, 0.5) is 14.5 Å². The molecule has 2 rings (SSSR count). The number of carbonyl (C=O) groups is 1. The number of rotatable bonds is 3. The molecule has 0 unspecified atom stereocenters. The molecule has 0 heterocycles. The maximum atomic E-state index is 13.5. The molecule has 0 bridgehead atoms. The average Bonchev–Trinajstić information content (AvgIpc) is 2.36. The first-order chi connectivity index (χ1) is 8.99. The fraction of sp³-hybridized carbons (Fsp3) is 0. The van der Waals surface area contributed by atoms with Crippen LogP contribution in [-0.2, 0) is 0 Å². The largest absolute Gasteiger partial charge is 0.453 e. The van der Waals surface area contributed by atoms with E-state index in [2.05, 4.69) is 0 Å². The lowest BCUT2D eigenvalue weighted by Crippen LogP contribution is -2.12. The topological polar surface area (TPSA) is 78.3 Å². The van der Waals surface area contributed by atoms with Crippen LogP contribution in [0.3, 0.4) is 0 Å². The van der Waals surface area contributed by atoms with Crippen LogP contribution in [0.5, 0.6) is 11.5 Å². The lowest BCUT2D eigenvalue weighted by molar-refractivity contribution is 0.0998. The Hall–Kier alpha value is -2.63. The van der Waals surface area contributed by atoms with Crippen LogP contribution in [0.25, 0.3) is 0 Å². The lowest BCUT2D eigenvalue weighted by Gasteiger charge is -2.10. The average molecular weight is 264 g/mol. The Balaban J connectivity index is 2.44. The van der Waals surface area contributed by atoms with Gasteiger partial charge in [-0.1, -0.05) is 6.07 Å². The number of amides is 1. The van der Waals surface area contributed by atoms with Gasteiger partial charge in [0.25, 0.3) is 5.91 Å². The van der Waals surface area contributed by atoms with Crippen molar-refractivity contribution in [1.82, 2.24) is 0 Å². The van der Waals surface area contributed by atoms with Gasteiger partial charge in [-0.05, 0) is 30.3 Å². The number of benzene rings is 2. The fourth-order valence-electron chi connectivity index (χ4n) is 1.51. The number of hydrogen-bond donors (Lipinski definition) is 2. The molecule has 98 valence electrons. The molecular formula is C13H10F2N2O2. The van der Waals surface area contributed by atoms with Crippen molar-refractivity contribution in [2.45, 2.75) is 0 Å². The fourth-order valence-corrected chi connectivity index (χ4v) is 1.51. The summed E-state index contributed by atoms with van der Waals surface area (Å²) in [7, 11) is 0. The van der Waals surface area contributed by atoms with Gasteiger partial charge in [0, 0.05) is 5.69 Å². The number of primary amides is 1. The van der Waals surface area contributed by atoms with Crippen LogP contribution in [0.1, 0.15) is 10.4 Å². The third kappa shape index (κ3) is 2.62. The van der Waals surface area contributed by atoms with E-state index < -0.39 is 17.5 Å². The zero-order valence-electron chi connectivity index (χ0n) is 9.69. The second kappa shape index (κ2) is 4.93. The van der Waals surface area contributed by atoms with Crippen molar-refractivity contribution in [2.24, 2.45) is 5.73 Å². The van der Waals surface area contributed by atoms with Crippen LogP contribution in [0.15, 0.2) is 36.4 Å². The first-order valence-corrected chi connectivity index (χ1v) is 5.30. The van der Waals surface area contributed by atoms with E-state index in [1.54, 1.807) is 0 Å². The van der Waals surface area contributed by atoms with Crippen LogP contribution in [0.2, 0.25) is 0 Å². The zero-order chi connectivity index (χ0) is 14.0. The highest BCUT2D eigenvalue weighted by Crippen LogP contribution is 2.29. The highest BCUT2D eigenvalue weighted by atomic mass is 19.2. The van der Waals surface area contributed by atoms with Crippen molar-refractivity contribution in [3.05, 3.63) is 53.6 Å². The molecule has 2 aromatic carbocycles. The molecule has 0 saturated carbocycles. The minimum Gasteiger partial charge on any atom is -0.453 e. The first-order valence-electron chi connectivity index (χ1n) is 5.30. The molecule has 0 aliphatic heterocycles. The molecule has 19 heavy (non-hydrogen) atoms. The molecule has 0 aromatic heterocycles. The maximum absolute atomic E-state index is 13.5. The Bertz CT molecular complexity index is 645. The Labute approximate surface area is 107 Å². The van der Waals surface area contributed by atoms with E-state index in [4.69, 9.17) is 16.2 Å². The van der Waals surface area contributed by atoms with Crippen molar-refractivity contribution < 1.29 is 18.3 Å². The maximum Gasteiger partial charge on any atom is 0.252 e. The van der Waals surface area contributed by atoms with E-state index in [1.165, 1.54) is 30.3 Å². The molecule has 0 fully saturated rings. The second-order valence-electron chi connectivity index (χ2n) is 3.77. The highest BCUT2D eigenvalue weighted by Gasteiger charge is 2.14. The molecular weight excluding hydrogens is 254 g/mol. The van der Waals surface area contributed by atoms with Crippen molar-refractivity contribution >= 4 is 11.6 Å². The van der Waals surface area contributed by atoms with Gasteiger partial charge in [-0.2, -0.15) is 4.39 Å². The van der Waals surface area contributed by atoms with E-state index in [0.29, 0.717) is 5.69 Å². The molecule has 4 N–H and O–H groups in total. The molecule has 0 aliphatic rings. The van der Waals surface area contributed by atoms with Crippen molar-refractivity contribution in [3.8, 4) is 11.5 Å². The summed E-state index contributed by atoms with van der Waals surface area (Å²) >= 11 is 0. The monoisotopic (exact) mass is 264 g/mol. The smallest absolute Gasteiger partial charge is 0.252 e. The van der Waals surface area contributed by atoms with E-state index in [1.807, 2.05) is 0 Å². The zero-order valence-corrected chi connectivity index (χ0v) is 9.69. The quantitative estimate of drug-likeness (QED) is 0.836. The van der Waals surface area contributed by atoms with Gasteiger partial charge in [-0.25, -0.2) is 4.39 Å². The first kappa shape index (κ1) is 12.8. The Morgan fingerprint density at radius 1 is 1.11 bits per heavy atom. The number of ether oxygens (including phenoxy) is 1. The van der Waals surface area contributed by atoms with Crippen molar-refractivity contribution in [1.29, 1.82) is 0 Å². The molecule has 6 heteroatoms. The molecule has 2 aromatic rings. The molecule has 0 saturated heterocycles. The number of nitrogen functional groups attached to an aromatic ring is 1. The number of carbonyl (C=O) groups excluding carboxylic acids is 1. The van der Waals surface area contributed by atoms with E-state index in [0.717, 1.165) is 6.07 Å². The minimum atomic E-state index is -1.14. The highest BCUT2D eigenvalue weighted by molar-refractivity contribution is 5.96. The molecule has 0 spiro atoms. The molecule has 4 nitrogen and oxygen atoms in total. The van der Waals surface area contributed by atoms with Gasteiger partial charge in [0.1, 0.15) is 5.75 Å². The Morgan fingerprint density at radius 2 is 1.84 bits per heavy atom. The van der Waals surface area contributed by atoms with Gasteiger partial charge in [-0.3, -0.25) is 4.79 Å². The number of nitrogens with two attached hydrogens (primary N) is 2. The van der Waals surface area contributed by atoms with Gasteiger partial charge >= 0.3 is 0 Å². The number of anilines is 1. The van der Waals surface area contributed by atoms with Crippen molar-refractivity contribution in [2.75, 3.05) is 5.73 Å². The summed E-state index contributed by atoms with van der Waals surface area (Å²) in [6.45, 7) is 0. The summed E-state index contributed by atoms with van der Waals surface area (Å²) in [5.41, 5.74) is 11.0. The van der Waals surface area contributed by atoms with E-state index in [9.17, 15) is 13.6 Å². The third-order valence-corrected chi connectivity index (χ3v) is 2.41. The van der Waals surface area contributed by atoms with Gasteiger partial charge < -0.3 is 16.2 Å². The standard InChI is InChI=1S/C13H10F2N2O2/c14-9-2-1-3-11(12(9)15)19-10-5-4-7(16)6-8(10)13(17)18/h1-6H,16H2,(H2,17,18). The summed E-state index contributed by atoms with van der Waals surface area (Å²) in [5, 5.41) is 0. The Kier molecular flexibility index (Phi) is 3.33. The van der Waals surface area contributed by atoms with Gasteiger partial charge in [-0.15, -0.1) is 0 Å². The lowest BCUT2D eigenvalue weighted by atomic mass is 10.1. The summed E-state index contributed by atoms with van der Waals surface area (Å²) in [5.74, 6) is -3.30.